The van der Waals surface area contributed by atoms with E-state index in [9.17, 15) is 18.0 Å². The predicted octanol–water partition coefficient (Wildman–Crippen LogP) is 3.00. The number of hydrogen-bond acceptors (Lipinski definition) is 7. The highest BCUT2D eigenvalue weighted by molar-refractivity contribution is 7.90. The van der Waals surface area contributed by atoms with Crippen molar-refractivity contribution in [1.82, 2.24) is 14.9 Å². The Kier molecular flexibility index (Phi) is 8.34. The van der Waals surface area contributed by atoms with Gasteiger partial charge in [0.25, 0.3) is 10.2 Å². The molecule has 3 N–H and O–H groups in total. The molecule has 1 heterocycles. The van der Waals surface area contributed by atoms with E-state index in [1.165, 1.54) is 49.1 Å². The van der Waals surface area contributed by atoms with Gasteiger partial charge in [0.2, 0.25) is 0 Å². The van der Waals surface area contributed by atoms with Crippen molar-refractivity contribution in [3.63, 3.8) is 0 Å². The SMILES string of the molecule is CNS(=O)(=O)Nc1cccc(Cc2c(CCNCC3CC3)c3ccc(OC(=O)N(C)C)cc3oc2=O)c1F. The van der Waals surface area contributed by atoms with E-state index in [1.807, 2.05) is 0 Å². The van der Waals surface area contributed by atoms with Crippen molar-refractivity contribution in [3.05, 3.63) is 69.3 Å². The van der Waals surface area contributed by atoms with Gasteiger partial charge in [0.15, 0.2) is 5.82 Å². The second-order valence-electron chi connectivity index (χ2n) is 9.43. The highest BCUT2D eigenvalue weighted by atomic mass is 32.2. The van der Waals surface area contributed by atoms with Crippen molar-refractivity contribution < 1.29 is 26.8 Å². The number of rotatable bonds is 11. The summed E-state index contributed by atoms with van der Waals surface area (Å²) < 4.78 is 54.2. The van der Waals surface area contributed by atoms with E-state index in [4.69, 9.17) is 9.15 Å². The largest absolute Gasteiger partial charge is 0.422 e. The average Bonchev–Trinajstić information content (AvgIpc) is 3.69. The number of halogens is 1. The third-order valence-electron chi connectivity index (χ3n) is 6.30. The van der Waals surface area contributed by atoms with Crippen LogP contribution in [0.3, 0.4) is 0 Å². The first-order chi connectivity index (χ1) is 18.1. The number of carbonyl (C=O) groups excluding carboxylic acids is 1. The number of anilines is 1. The minimum atomic E-state index is -3.93. The lowest BCUT2D eigenvalue weighted by Crippen LogP contribution is -2.27. The smallest absolute Gasteiger partial charge is 0.414 e. The van der Waals surface area contributed by atoms with E-state index in [2.05, 4.69) is 14.8 Å². The van der Waals surface area contributed by atoms with Gasteiger partial charge in [0.1, 0.15) is 11.3 Å². The number of fused-ring (bicyclic) bond motifs is 1. The van der Waals surface area contributed by atoms with E-state index < -0.39 is 27.7 Å². The normalized spacial score (nSPS) is 13.5. The topological polar surface area (TPSA) is 130 Å². The molecule has 38 heavy (non-hydrogen) atoms. The lowest BCUT2D eigenvalue weighted by molar-refractivity contribution is 0.172. The van der Waals surface area contributed by atoms with Crippen LogP contribution < -0.4 is 25.1 Å². The molecule has 2 aromatic carbocycles. The number of amides is 1. The fourth-order valence-electron chi connectivity index (χ4n) is 4.03. The Bertz CT molecular complexity index is 1500. The first kappa shape index (κ1) is 27.6. The van der Waals surface area contributed by atoms with Gasteiger partial charge in [-0.05, 0) is 67.6 Å². The molecule has 1 saturated carbocycles. The molecule has 1 aliphatic carbocycles. The molecule has 0 bridgehead atoms. The summed E-state index contributed by atoms with van der Waals surface area (Å²) in [5, 5.41) is 4.05. The van der Waals surface area contributed by atoms with Crippen molar-refractivity contribution in [3.8, 4) is 5.75 Å². The molecule has 12 heteroatoms. The molecule has 4 rings (SSSR count). The zero-order chi connectivity index (χ0) is 27.4. The molecular formula is C26H31FN4O6S. The van der Waals surface area contributed by atoms with Crippen LogP contribution in [0.4, 0.5) is 14.9 Å². The average molecular weight is 547 g/mol. The van der Waals surface area contributed by atoms with E-state index in [1.54, 1.807) is 26.2 Å². The Hall–Kier alpha value is -3.48. The number of nitrogens with zero attached hydrogens (tertiary/aromatic N) is 1. The van der Waals surface area contributed by atoms with Gasteiger partial charge < -0.3 is 19.4 Å². The minimum Gasteiger partial charge on any atom is -0.422 e. The number of benzene rings is 2. The van der Waals surface area contributed by atoms with Gasteiger partial charge in [-0.25, -0.2) is 18.7 Å². The third kappa shape index (κ3) is 6.69. The quantitative estimate of drug-likeness (QED) is 0.249. The van der Waals surface area contributed by atoms with E-state index in [-0.39, 0.29) is 34.6 Å². The zero-order valence-corrected chi connectivity index (χ0v) is 22.3. The molecule has 1 amide bonds. The van der Waals surface area contributed by atoms with Crippen LogP contribution in [-0.2, 0) is 23.1 Å². The van der Waals surface area contributed by atoms with Crippen LogP contribution in [0, 0.1) is 11.7 Å². The number of nitrogens with one attached hydrogen (secondary N) is 3. The number of hydrogen-bond donors (Lipinski definition) is 3. The molecule has 0 aliphatic heterocycles. The van der Waals surface area contributed by atoms with E-state index in [0.29, 0.717) is 29.8 Å². The van der Waals surface area contributed by atoms with Crippen LogP contribution in [0.25, 0.3) is 11.0 Å². The molecule has 0 radical (unpaired) electrons. The van der Waals surface area contributed by atoms with Crippen LogP contribution in [0.5, 0.6) is 5.75 Å². The van der Waals surface area contributed by atoms with Crippen LogP contribution >= 0.6 is 0 Å². The summed E-state index contributed by atoms with van der Waals surface area (Å²) >= 11 is 0. The summed E-state index contributed by atoms with van der Waals surface area (Å²) in [6.45, 7) is 1.49. The molecule has 1 aliphatic rings. The molecule has 0 spiro atoms. The molecule has 3 aromatic rings. The van der Waals surface area contributed by atoms with Gasteiger partial charge in [-0.2, -0.15) is 8.42 Å². The van der Waals surface area contributed by atoms with Crippen molar-refractivity contribution in [2.75, 3.05) is 39.0 Å². The first-order valence-corrected chi connectivity index (χ1v) is 13.7. The predicted molar refractivity (Wildman–Crippen MR) is 142 cm³/mol. The Morgan fingerprint density at radius 2 is 1.95 bits per heavy atom. The molecular weight excluding hydrogens is 515 g/mol. The molecule has 10 nitrogen and oxygen atoms in total. The monoisotopic (exact) mass is 546 g/mol. The molecule has 0 atom stereocenters. The Labute approximate surface area is 220 Å². The van der Waals surface area contributed by atoms with Crippen LogP contribution in [0.2, 0.25) is 0 Å². The van der Waals surface area contributed by atoms with Crippen molar-refractivity contribution in [2.24, 2.45) is 5.92 Å². The standard InChI is InChI=1S/C26H31FN4O6S/c1-28-38(34,35)30-22-6-4-5-17(24(22)27)13-21-19(11-12-29-15-16-7-8-16)20-10-9-18(36-26(33)31(2)3)14-23(20)37-25(21)32/h4-6,9-10,14,16,28-30H,7-8,11-13,15H2,1-3H3. The summed E-state index contributed by atoms with van der Waals surface area (Å²) in [5.41, 5.74) is 0.461. The van der Waals surface area contributed by atoms with Gasteiger partial charge in [-0.3, -0.25) is 4.72 Å². The second kappa shape index (κ2) is 11.5. The summed E-state index contributed by atoms with van der Waals surface area (Å²) in [6.07, 6.45) is 2.22. The zero-order valence-electron chi connectivity index (χ0n) is 21.5. The second-order valence-corrected chi connectivity index (χ2v) is 11.0. The van der Waals surface area contributed by atoms with Gasteiger partial charge in [0.05, 0.1) is 5.69 Å². The fraction of sp³-hybridized carbons (Fsp3) is 0.385. The lowest BCUT2D eigenvalue weighted by Gasteiger charge is -2.15. The summed E-state index contributed by atoms with van der Waals surface area (Å²) in [5.74, 6) is 0.120. The van der Waals surface area contributed by atoms with Gasteiger partial charge in [0, 0.05) is 44.6 Å². The Morgan fingerprint density at radius 3 is 2.63 bits per heavy atom. The van der Waals surface area contributed by atoms with Gasteiger partial charge in [-0.1, -0.05) is 12.1 Å². The molecule has 0 saturated heterocycles. The summed E-state index contributed by atoms with van der Waals surface area (Å²) in [7, 11) is 0.389. The highest BCUT2D eigenvalue weighted by Gasteiger charge is 2.22. The summed E-state index contributed by atoms with van der Waals surface area (Å²) in [6, 6.07) is 9.12. The van der Waals surface area contributed by atoms with Crippen molar-refractivity contribution >= 4 is 33.0 Å². The van der Waals surface area contributed by atoms with E-state index in [0.717, 1.165) is 6.54 Å². The number of ether oxygens (including phenoxy) is 1. The van der Waals surface area contributed by atoms with Crippen LogP contribution in [0.15, 0.2) is 45.6 Å². The maximum atomic E-state index is 15.3. The molecule has 1 fully saturated rings. The van der Waals surface area contributed by atoms with Crippen LogP contribution in [0.1, 0.15) is 29.5 Å². The Morgan fingerprint density at radius 1 is 1.18 bits per heavy atom. The van der Waals surface area contributed by atoms with Gasteiger partial charge in [-0.15, -0.1) is 0 Å². The first-order valence-electron chi connectivity index (χ1n) is 12.2. The van der Waals surface area contributed by atoms with Gasteiger partial charge >= 0.3 is 11.7 Å². The third-order valence-corrected chi connectivity index (χ3v) is 7.33. The maximum Gasteiger partial charge on any atom is 0.414 e. The molecule has 1 aromatic heterocycles. The Balaban J connectivity index is 1.71. The van der Waals surface area contributed by atoms with Crippen molar-refractivity contribution in [2.45, 2.75) is 25.7 Å². The number of carbonyl (C=O) groups is 1. The fourth-order valence-corrected chi connectivity index (χ4v) is 4.58. The molecule has 0 unspecified atom stereocenters. The van der Waals surface area contributed by atoms with E-state index >= 15 is 4.39 Å². The molecule has 204 valence electrons. The minimum absolute atomic E-state index is 0.103. The van der Waals surface area contributed by atoms with Crippen LogP contribution in [-0.4, -0.2) is 53.6 Å². The lowest BCUT2D eigenvalue weighted by atomic mass is 9.96. The highest BCUT2D eigenvalue weighted by Crippen LogP contribution is 2.29. The van der Waals surface area contributed by atoms with Crippen molar-refractivity contribution in [1.29, 1.82) is 0 Å². The summed E-state index contributed by atoms with van der Waals surface area (Å²) in [4.78, 5) is 26.4. The maximum absolute atomic E-state index is 15.3.